The Labute approximate surface area is 128 Å². The topological polar surface area (TPSA) is 38.3 Å². The summed E-state index contributed by atoms with van der Waals surface area (Å²) in [6.45, 7) is 3.73. The van der Waals surface area contributed by atoms with Crippen LogP contribution in [0, 0.1) is 0 Å². The van der Waals surface area contributed by atoms with Gasteiger partial charge in [0.05, 0.1) is 11.7 Å². The van der Waals surface area contributed by atoms with Gasteiger partial charge in [-0.3, -0.25) is 0 Å². The maximum atomic E-state index is 11.8. The van der Waals surface area contributed by atoms with Crippen LogP contribution in [0.15, 0.2) is 24.3 Å². The van der Waals surface area contributed by atoms with E-state index in [2.05, 4.69) is 5.32 Å². The van der Waals surface area contributed by atoms with Gasteiger partial charge in [0.2, 0.25) is 0 Å². The summed E-state index contributed by atoms with van der Waals surface area (Å²) in [7, 11) is 0. The molecular formula is C18H27NO2. The van der Waals surface area contributed by atoms with Gasteiger partial charge in [-0.05, 0) is 51.0 Å². The zero-order valence-electron chi connectivity index (χ0n) is 13.2. The van der Waals surface area contributed by atoms with E-state index in [1.165, 1.54) is 44.9 Å². The van der Waals surface area contributed by atoms with E-state index in [9.17, 15) is 4.79 Å². The van der Waals surface area contributed by atoms with Crippen LogP contribution in [-0.4, -0.2) is 18.1 Å². The number of hydrogen-bond donors (Lipinski definition) is 1. The third-order valence-electron chi connectivity index (χ3n) is 3.94. The second-order valence-electron chi connectivity index (χ2n) is 6.22. The van der Waals surface area contributed by atoms with Crippen molar-refractivity contribution in [1.82, 2.24) is 0 Å². The molecule has 0 spiro atoms. The summed E-state index contributed by atoms with van der Waals surface area (Å²) >= 11 is 0. The average Bonchev–Trinajstić information content (AvgIpc) is 2.41. The molecule has 1 aromatic rings. The lowest BCUT2D eigenvalue weighted by Crippen LogP contribution is -2.20. The van der Waals surface area contributed by atoms with Crippen molar-refractivity contribution < 1.29 is 9.53 Å². The van der Waals surface area contributed by atoms with Crippen molar-refractivity contribution in [3.63, 3.8) is 0 Å². The Bertz CT molecular complexity index is 431. The summed E-state index contributed by atoms with van der Waals surface area (Å²) in [5, 5.41) is 3.60. The highest BCUT2D eigenvalue weighted by Crippen LogP contribution is 2.21. The van der Waals surface area contributed by atoms with Crippen LogP contribution in [0.2, 0.25) is 0 Å². The summed E-state index contributed by atoms with van der Waals surface area (Å²) in [4.78, 5) is 11.8. The summed E-state index contributed by atoms with van der Waals surface area (Å²) in [5.74, 6) is -0.248. The molecule has 0 unspecified atom stereocenters. The Balaban J connectivity index is 1.90. The molecule has 3 nitrogen and oxygen atoms in total. The number of esters is 1. The van der Waals surface area contributed by atoms with Gasteiger partial charge in [-0.25, -0.2) is 4.79 Å². The molecule has 0 aromatic heterocycles. The smallest absolute Gasteiger partial charge is 0.338 e. The molecule has 1 N–H and O–H groups in total. The third kappa shape index (κ3) is 5.41. The number of benzene rings is 1. The minimum absolute atomic E-state index is 0.0785. The lowest BCUT2D eigenvalue weighted by atomic mass is 9.96. The van der Waals surface area contributed by atoms with Crippen LogP contribution in [0.4, 0.5) is 5.69 Å². The maximum Gasteiger partial charge on any atom is 0.338 e. The SMILES string of the molecule is CC(C)OC(=O)c1ccc(NC2CCCCCCC2)cc1. The number of nitrogens with one attached hydrogen (secondary N) is 1. The van der Waals surface area contributed by atoms with E-state index in [0.29, 0.717) is 11.6 Å². The highest BCUT2D eigenvalue weighted by molar-refractivity contribution is 5.89. The standard InChI is InChI=1S/C18H27NO2/c1-14(2)21-18(20)15-10-12-17(13-11-15)19-16-8-6-4-3-5-7-9-16/h10-14,16,19H,3-9H2,1-2H3. The lowest BCUT2D eigenvalue weighted by molar-refractivity contribution is 0.0378. The molecule has 0 atom stereocenters. The molecule has 2 rings (SSSR count). The van der Waals surface area contributed by atoms with Crippen molar-refractivity contribution in [3.05, 3.63) is 29.8 Å². The third-order valence-corrected chi connectivity index (χ3v) is 3.94. The van der Waals surface area contributed by atoms with E-state index in [0.717, 1.165) is 5.69 Å². The molecule has 1 aliphatic carbocycles. The molecule has 21 heavy (non-hydrogen) atoms. The van der Waals surface area contributed by atoms with E-state index in [1.54, 1.807) is 0 Å². The van der Waals surface area contributed by atoms with Gasteiger partial charge in [-0.2, -0.15) is 0 Å². The van der Waals surface area contributed by atoms with Crippen LogP contribution in [0.25, 0.3) is 0 Å². The van der Waals surface area contributed by atoms with Crippen LogP contribution >= 0.6 is 0 Å². The Hall–Kier alpha value is -1.51. The molecule has 1 saturated carbocycles. The van der Waals surface area contributed by atoms with Crippen molar-refractivity contribution in [3.8, 4) is 0 Å². The van der Waals surface area contributed by atoms with E-state index >= 15 is 0 Å². The van der Waals surface area contributed by atoms with Crippen molar-refractivity contribution in [1.29, 1.82) is 0 Å². The number of hydrogen-bond acceptors (Lipinski definition) is 3. The summed E-state index contributed by atoms with van der Waals surface area (Å²) in [6, 6.07) is 8.22. The van der Waals surface area contributed by atoms with Crippen LogP contribution in [0.3, 0.4) is 0 Å². The number of carbonyl (C=O) groups excluding carboxylic acids is 1. The summed E-state index contributed by atoms with van der Waals surface area (Å²) in [5.41, 5.74) is 1.72. The predicted octanol–water partition coefficient (Wildman–Crippen LogP) is 4.78. The predicted molar refractivity (Wildman–Crippen MR) is 86.7 cm³/mol. The fourth-order valence-electron chi connectivity index (χ4n) is 2.82. The second-order valence-corrected chi connectivity index (χ2v) is 6.22. The quantitative estimate of drug-likeness (QED) is 0.811. The van der Waals surface area contributed by atoms with Crippen LogP contribution in [0.1, 0.15) is 69.2 Å². The Morgan fingerprint density at radius 3 is 2.19 bits per heavy atom. The monoisotopic (exact) mass is 289 g/mol. The van der Waals surface area contributed by atoms with Crippen molar-refractivity contribution >= 4 is 11.7 Å². The molecule has 116 valence electrons. The number of anilines is 1. The summed E-state index contributed by atoms with van der Waals surface area (Å²) in [6.07, 6.45) is 9.15. The number of carbonyl (C=O) groups is 1. The van der Waals surface area contributed by atoms with Gasteiger partial charge in [0.1, 0.15) is 0 Å². The molecule has 1 aromatic carbocycles. The van der Waals surface area contributed by atoms with Gasteiger partial charge in [0.25, 0.3) is 0 Å². The summed E-state index contributed by atoms with van der Waals surface area (Å²) < 4.78 is 5.20. The molecule has 0 amide bonds. The molecule has 0 bridgehead atoms. The molecular weight excluding hydrogens is 262 g/mol. The van der Waals surface area contributed by atoms with Crippen LogP contribution in [0.5, 0.6) is 0 Å². The highest BCUT2D eigenvalue weighted by Gasteiger charge is 2.12. The zero-order valence-corrected chi connectivity index (χ0v) is 13.2. The largest absolute Gasteiger partial charge is 0.459 e. The molecule has 0 radical (unpaired) electrons. The molecule has 1 aliphatic rings. The fourth-order valence-corrected chi connectivity index (χ4v) is 2.82. The first kappa shape index (κ1) is 15.9. The van der Waals surface area contributed by atoms with Crippen LogP contribution < -0.4 is 5.32 Å². The van der Waals surface area contributed by atoms with E-state index in [-0.39, 0.29) is 12.1 Å². The van der Waals surface area contributed by atoms with Crippen molar-refractivity contribution in [2.45, 2.75) is 70.9 Å². The van der Waals surface area contributed by atoms with E-state index < -0.39 is 0 Å². The van der Waals surface area contributed by atoms with Gasteiger partial charge >= 0.3 is 5.97 Å². The normalized spacial score (nSPS) is 17.1. The maximum absolute atomic E-state index is 11.8. The minimum Gasteiger partial charge on any atom is -0.459 e. The first-order valence-electron chi connectivity index (χ1n) is 8.23. The van der Waals surface area contributed by atoms with Gasteiger partial charge in [0, 0.05) is 11.7 Å². The fraction of sp³-hybridized carbons (Fsp3) is 0.611. The number of ether oxygens (including phenoxy) is 1. The highest BCUT2D eigenvalue weighted by atomic mass is 16.5. The molecule has 3 heteroatoms. The Morgan fingerprint density at radius 1 is 1.05 bits per heavy atom. The van der Waals surface area contributed by atoms with Gasteiger partial charge in [-0.1, -0.05) is 32.1 Å². The molecule has 0 aliphatic heterocycles. The van der Waals surface area contributed by atoms with Gasteiger partial charge in [0.15, 0.2) is 0 Å². The Morgan fingerprint density at radius 2 is 1.62 bits per heavy atom. The first-order chi connectivity index (χ1) is 10.1. The number of rotatable bonds is 4. The van der Waals surface area contributed by atoms with Gasteiger partial charge < -0.3 is 10.1 Å². The minimum atomic E-state index is -0.248. The van der Waals surface area contributed by atoms with Crippen molar-refractivity contribution in [2.24, 2.45) is 0 Å². The van der Waals surface area contributed by atoms with Crippen molar-refractivity contribution in [2.75, 3.05) is 5.32 Å². The molecule has 0 saturated heterocycles. The molecule has 1 fully saturated rings. The second kappa shape index (κ2) is 8.06. The van der Waals surface area contributed by atoms with Gasteiger partial charge in [-0.15, -0.1) is 0 Å². The van der Waals surface area contributed by atoms with Crippen LogP contribution in [-0.2, 0) is 4.74 Å². The lowest BCUT2D eigenvalue weighted by Gasteiger charge is -2.22. The Kier molecular flexibility index (Phi) is 6.09. The molecule has 0 heterocycles. The first-order valence-corrected chi connectivity index (χ1v) is 8.23. The average molecular weight is 289 g/mol. The van der Waals surface area contributed by atoms with E-state index in [4.69, 9.17) is 4.74 Å². The van der Waals surface area contributed by atoms with E-state index in [1.807, 2.05) is 38.1 Å². The zero-order chi connectivity index (χ0) is 15.1.